The molecular formula is C11H20N4O3S. The minimum Gasteiger partial charge on any atom is -0.381 e. The number of hydrogen-bond donors (Lipinski definition) is 2. The summed E-state index contributed by atoms with van der Waals surface area (Å²) in [5, 5.41) is 0.124. The minimum absolute atomic E-state index is 0.0727. The number of ether oxygens (including phenoxy) is 1. The summed E-state index contributed by atoms with van der Waals surface area (Å²) in [7, 11) is -1.91. The van der Waals surface area contributed by atoms with E-state index in [2.05, 4.69) is 9.97 Å². The minimum atomic E-state index is -3.55. The molecule has 0 amide bonds. The predicted octanol–water partition coefficient (Wildman–Crippen LogP) is -0.155. The van der Waals surface area contributed by atoms with Gasteiger partial charge in [-0.05, 0) is 19.8 Å². The highest BCUT2D eigenvalue weighted by Gasteiger charge is 2.37. The van der Waals surface area contributed by atoms with Crippen molar-refractivity contribution >= 4 is 10.0 Å². The maximum atomic E-state index is 12.5. The van der Waals surface area contributed by atoms with Crippen LogP contribution in [0.2, 0.25) is 0 Å². The highest BCUT2D eigenvalue weighted by molar-refractivity contribution is 7.89. The normalized spacial score (nSPS) is 25.6. The first-order valence-corrected chi connectivity index (χ1v) is 7.69. The second-order valence-electron chi connectivity index (χ2n) is 4.72. The average Bonchev–Trinajstić information content (AvgIpc) is 2.85. The van der Waals surface area contributed by atoms with E-state index in [-0.39, 0.29) is 23.7 Å². The molecule has 8 heteroatoms. The fourth-order valence-corrected chi connectivity index (χ4v) is 4.02. The molecule has 1 fully saturated rings. The Morgan fingerprint density at radius 2 is 2.37 bits per heavy atom. The number of aryl methyl sites for hydroxylation is 1. The second kappa shape index (κ2) is 5.58. The van der Waals surface area contributed by atoms with E-state index in [0.29, 0.717) is 25.2 Å². The first kappa shape index (κ1) is 14.4. The van der Waals surface area contributed by atoms with Gasteiger partial charge in [-0.25, -0.2) is 13.4 Å². The van der Waals surface area contributed by atoms with Gasteiger partial charge in [-0.2, -0.15) is 4.31 Å². The maximum Gasteiger partial charge on any atom is 0.260 e. The Hall–Kier alpha value is -0.960. The number of sulfonamides is 1. The number of aromatic nitrogens is 2. The molecule has 19 heavy (non-hydrogen) atoms. The lowest BCUT2D eigenvalue weighted by molar-refractivity contribution is 0.0401. The summed E-state index contributed by atoms with van der Waals surface area (Å²) in [4.78, 5) is 6.71. The zero-order valence-electron chi connectivity index (χ0n) is 11.2. The van der Waals surface area contributed by atoms with E-state index in [1.54, 1.807) is 14.0 Å². The number of rotatable bonds is 4. The Bertz CT molecular complexity index is 528. The molecule has 1 aliphatic rings. The summed E-state index contributed by atoms with van der Waals surface area (Å²) < 4.78 is 31.8. The lowest BCUT2D eigenvalue weighted by Gasteiger charge is -2.36. The first-order chi connectivity index (χ1) is 8.98. The van der Waals surface area contributed by atoms with Crippen molar-refractivity contribution in [3.8, 4) is 0 Å². The maximum absolute atomic E-state index is 12.5. The highest BCUT2D eigenvalue weighted by Crippen LogP contribution is 2.25. The molecule has 0 radical (unpaired) electrons. The van der Waals surface area contributed by atoms with Crippen molar-refractivity contribution in [1.29, 1.82) is 0 Å². The molecule has 1 aromatic heterocycles. The number of H-pyrrole nitrogens is 1. The quantitative estimate of drug-likeness (QED) is 0.802. The number of nitrogens with zero attached hydrogens (tertiary/aromatic N) is 2. The van der Waals surface area contributed by atoms with Crippen LogP contribution in [0.3, 0.4) is 0 Å². The van der Waals surface area contributed by atoms with Crippen LogP contribution >= 0.6 is 0 Å². The summed E-state index contributed by atoms with van der Waals surface area (Å²) in [6.07, 6.45) is 2.72. The Kier molecular flexibility index (Phi) is 4.24. The number of piperidine rings is 1. The smallest absolute Gasteiger partial charge is 0.260 e. The van der Waals surface area contributed by atoms with Crippen molar-refractivity contribution in [3.63, 3.8) is 0 Å². The number of hydrogen-bond acceptors (Lipinski definition) is 5. The summed E-state index contributed by atoms with van der Waals surface area (Å²) in [5.74, 6) is 0.578. The summed E-state index contributed by atoms with van der Waals surface area (Å²) in [6.45, 7) is 2.42. The van der Waals surface area contributed by atoms with Gasteiger partial charge in [-0.15, -0.1) is 0 Å². The molecular weight excluding hydrogens is 268 g/mol. The molecule has 0 aromatic carbocycles. The van der Waals surface area contributed by atoms with E-state index in [1.165, 1.54) is 10.5 Å². The van der Waals surface area contributed by atoms with Gasteiger partial charge in [0.05, 0.1) is 12.3 Å². The number of methoxy groups -OCH3 is 1. The van der Waals surface area contributed by atoms with Gasteiger partial charge >= 0.3 is 0 Å². The van der Waals surface area contributed by atoms with Gasteiger partial charge in [0.2, 0.25) is 0 Å². The Balaban J connectivity index is 2.25. The average molecular weight is 288 g/mol. The van der Waals surface area contributed by atoms with Gasteiger partial charge in [0.15, 0.2) is 5.03 Å². The fraction of sp³-hybridized carbons (Fsp3) is 0.727. The monoisotopic (exact) mass is 288 g/mol. The number of imidazole rings is 1. The zero-order chi connectivity index (χ0) is 14.0. The van der Waals surface area contributed by atoms with E-state index in [4.69, 9.17) is 10.5 Å². The van der Waals surface area contributed by atoms with Crippen LogP contribution in [0.4, 0.5) is 0 Å². The second-order valence-corrected chi connectivity index (χ2v) is 6.58. The molecule has 0 aliphatic carbocycles. The Morgan fingerprint density at radius 3 is 2.89 bits per heavy atom. The van der Waals surface area contributed by atoms with Crippen molar-refractivity contribution < 1.29 is 13.2 Å². The van der Waals surface area contributed by atoms with Crippen molar-refractivity contribution in [2.45, 2.75) is 36.9 Å². The Labute approximate surface area is 113 Å². The molecule has 1 aromatic rings. The van der Waals surface area contributed by atoms with Crippen LogP contribution in [-0.4, -0.2) is 55.0 Å². The highest BCUT2D eigenvalue weighted by atomic mass is 32.2. The molecule has 2 unspecified atom stereocenters. The van der Waals surface area contributed by atoms with E-state index >= 15 is 0 Å². The number of nitrogens with two attached hydrogens (primary N) is 1. The molecule has 0 bridgehead atoms. The molecule has 0 spiro atoms. The van der Waals surface area contributed by atoms with E-state index in [1.807, 2.05) is 0 Å². The van der Waals surface area contributed by atoms with Gasteiger partial charge < -0.3 is 15.5 Å². The summed E-state index contributed by atoms with van der Waals surface area (Å²) in [6, 6.07) is -0.229. The largest absolute Gasteiger partial charge is 0.381 e. The van der Waals surface area contributed by atoms with E-state index in [0.717, 1.165) is 0 Å². The molecule has 3 N–H and O–H groups in total. The van der Waals surface area contributed by atoms with Crippen molar-refractivity contribution in [1.82, 2.24) is 14.3 Å². The van der Waals surface area contributed by atoms with Crippen LogP contribution in [0.25, 0.3) is 0 Å². The predicted molar refractivity (Wildman–Crippen MR) is 70.1 cm³/mol. The van der Waals surface area contributed by atoms with Crippen LogP contribution in [0, 0.1) is 6.92 Å². The molecule has 1 aliphatic heterocycles. The molecule has 1 saturated heterocycles. The standard InChI is InChI=1S/C11H20N4O3S/c1-8-13-7-11(14-8)19(16,17)15-4-3-10(18-2)5-9(15)6-12/h7,9-10H,3-6,12H2,1-2H3,(H,13,14). The third kappa shape index (κ3) is 2.81. The van der Waals surface area contributed by atoms with Gasteiger partial charge in [0, 0.05) is 26.2 Å². The van der Waals surface area contributed by atoms with E-state index < -0.39 is 10.0 Å². The molecule has 2 heterocycles. The fourth-order valence-electron chi connectivity index (χ4n) is 2.39. The molecule has 2 atom stereocenters. The van der Waals surface area contributed by atoms with Crippen LogP contribution in [-0.2, 0) is 14.8 Å². The SMILES string of the molecule is COC1CCN(S(=O)(=O)c2cnc(C)[nH]2)C(CN)C1. The molecule has 2 rings (SSSR count). The first-order valence-electron chi connectivity index (χ1n) is 6.25. The van der Waals surface area contributed by atoms with Crippen LogP contribution in [0.1, 0.15) is 18.7 Å². The molecule has 7 nitrogen and oxygen atoms in total. The van der Waals surface area contributed by atoms with Crippen molar-refractivity contribution in [2.75, 3.05) is 20.2 Å². The van der Waals surface area contributed by atoms with Gasteiger partial charge in [-0.1, -0.05) is 0 Å². The third-order valence-corrected chi connectivity index (χ3v) is 5.35. The van der Waals surface area contributed by atoms with Crippen LogP contribution in [0.15, 0.2) is 11.2 Å². The van der Waals surface area contributed by atoms with Crippen molar-refractivity contribution in [3.05, 3.63) is 12.0 Å². The molecule has 108 valence electrons. The van der Waals surface area contributed by atoms with Crippen LogP contribution in [0.5, 0.6) is 0 Å². The third-order valence-electron chi connectivity index (χ3n) is 3.49. The van der Waals surface area contributed by atoms with Gasteiger partial charge in [-0.3, -0.25) is 0 Å². The van der Waals surface area contributed by atoms with Gasteiger partial charge in [0.1, 0.15) is 5.82 Å². The van der Waals surface area contributed by atoms with Crippen molar-refractivity contribution in [2.24, 2.45) is 5.73 Å². The topological polar surface area (TPSA) is 101 Å². The number of nitrogens with one attached hydrogen (secondary N) is 1. The summed E-state index contributed by atoms with van der Waals surface area (Å²) >= 11 is 0. The molecule has 0 saturated carbocycles. The Morgan fingerprint density at radius 1 is 1.63 bits per heavy atom. The lowest BCUT2D eigenvalue weighted by atomic mass is 10.0. The lowest BCUT2D eigenvalue weighted by Crippen LogP contribution is -2.51. The van der Waals surface area contributed by atoms with E-state index in [9.17, 15) is 8.42 Å². The number of aromatic amines is 1. The van der Waals surface area contributed by atoms with Crippen LogP contribution < -0.4 is 5.73 Å². The zero-order valence-corrected chi connectivity index (χ0v) is 12.0. The van der Waals surface area contributed by atoms with Gasteiger partial charge in [0.25, 0.3) is 10.0 Å². The summed E-state index contributed by atoms with van der Waals surface area (Å²) in [5.41, 5.74) is 5.70.